The second kappa shape index (κ2) is 6.87. The zero-order chi connectivity index (χ0) is 14.5. The zero-order valence-electron chi connectivity index (χ0n) is 12.4. The van der Waals surface area contributed by atoms with Gasteiger partial charge in [0, 0.05) is 6.04 Å². The Bertz CT molecular complexity index is 464. The Morgan fingerprint density at radius 3 is 2.65 bits per heavy atom. The lowest BCUT2D eigenvalue weighted by molar-refractivity contribution is 0.0917. The standard InChI is InChI=1S/C17H24FNO/c1-3-5-13-8-10-14(11-9-13)19-17(20)15-7-4-6-12(2)16(15)18/h4,6-7,13-14H,3,5,8-11H2,1-2H3,(H,19,20). The molecule has 0 saturated heterocycles. The van der Waals surface area contributed by atoms with Crippen molar-refractivity contribution in [1.29, 1.82) is 0 Å². The number of rotatable bonds is 4. The molecule has 0 spiro atoms. The molecule has 1 aliphatic carbocycles. The molecule has 110 valence electrons. The highest BCUT2D eigenvalue weighted by atomic mass is 19.1. The fourth-order valence-corrected chi connectivity index (χ4v) is 3.09. The molecule has 1 saturated carbocycles. The quantitative estimate of drug-likeness (QED) is 0.877. The number of nitrogens with one attached hydrogen (secondary N) is 1. The van der Waals surface area contributed by atoms with Gasteiger partial charge in [-0.15, -0.1) is 0 Å². The van der Waals surface area contributed by atoms with E-state index >= 15 is 0 Å². The predicted molar refractivity (Wildman–Crippen MR) is 79.3 cm³/mol. The fraction of sp³-hybridized carbons (Fsp3) is 0.588. The van der Waals surface area contributed by atoms with Gasteiger partial charge in [0.15, 0.2) is 0 Å². The fourth-order valence-electron chi connectivity index (χ4n) is 3.09. The first kappa shape index (κ1) is 15.0. The highest BCUT2D eigenvalue weighted by molar-refractivity contribution is 5.94. The van der Waals surface area contributed by atoms with Crippen molar-refractivity contribution in [3.8, 4) is 0 Å². The number of benzene rings is 1. The van der Waals surface area contributed by atoms with Crippen molar-refractivity contribution in [2.24, 2.45) is 5.92 Å². The summed E-state index contributed by atoms with van der Waals surface area (Å²) in [5, 5.41) is 2.99. The van der Waals surface area contributed by atoms with E-state index < -0.39 is 5.82 Å². The smallest absolute Gasteiger partial charge is 0.254 e. The number of aryl methyl sites for hydroxylation is 1. The lowest BCUT2D eigenvalue weighted by Gasteiger charge is -2.29. The van der Waals surface area contributed by atoms with Crippen LogP contribution in [0.25, 0.3) is 0 Å². The van der Waals surface area contributed by atoms with Crippen LogP contribution in [0.15, 0.2) is 18.2 Å². The molecule has 0 aromatic heterocycles. The molecule has 1 amide bonds. The molecular formula is C17H24FNO. The van der Waals surface area contributed by atoms with Crippen LogP contribution in [0, 0.1) is 18.7 Å². The molecular weight excluding hydrogens is 253 g/mol. The molecule has 0 aliphatic heterocycles. The minimum atomic E-state index is -0.398. The van der Waals surface area contributed by atoms with Crippen molar-refractivity contribution < 1.29 is 9.18 Å². The molecule has 2 nitrogen and oxygen atoms in total. The molecule has 0 unspecified atom stereocenters. The van der Waals surface area contributed by atoms with E-state index in [1.54, 1.807) is 25.1 Å². The van der Waals surface area contributed by atoms with Gasteiger partial charge in [-0.05, 0) is 50.2 Å². The van der Waals surface area contributed by atoms with E-state index in [1.165, 1.54) is 25.7 Å². The first-order chi connectivity index (χ1) is 9.61. The Morgan fingerprint density at radius 1 is 1.30 bits per heavy atom. The number of amides is 1. The Morgan fingerprint density at radius 2 is 2.00 bits per heavy atom. The van der Waals surface area contributed by atoms with E-state index in [1.807, 2.05) is 0 Å². The molecule has 0 heterocycles. The number of hydrogen-bond donors (Lipinski definition) is 1. The Balaban J connectivity index is 1.91. The molecule has 3 heteroatoms. The summed E-state index contributed by atoms with van der Waals surface area (Å²) in [5.41, 5.74) is 0.685. The summed E-state index contributed by atoms with van der Waals surface area (Å²) in [4.78, 5) is 12.1. The summed E-state index contributed by atoms with van der Waals surface area (Å²) in [6.07, 6.45) is 6.90. The summed E-state index contributed by atoms with van der Waals surface area (Å²) in [5.74, 6) is 0.138. The van der Waals surface area contributed by atoms with Crippen LogP contribution in [0.2, 0.25) is 0 Å². The van der Waals surface area contributed by atoms with Crippen LogP contribution in [-0.2, 0) is 0 Å². The summed E-state index contributed by atoms with van der Waals surface area (Å²) in [6.45, 7) is 3.90. The van der Waals surface area contributed by atoms with E-state index in [0.717, 1.165) is 18.8 Å². The SMILES string of the molecule is CCCC1CCC(NC(=O)c2cccc(C)c2F)CC1. The lowest BCUT2D eigenvalue weighted by atomic mass is 9.83. The van der Waals surface area contributed by atoms with Gasteiger partial charge >= 0.3 is 0 Å². The first-order valence-electron chi connectivity index (χ1n) is 7.67. The van der Waals surface area contributed by atoms with Crippen molar-refractivity contribution in [3.05, 3.63) is 35.1 Å². The van der Waals surface area contributed by atoms with Crippen molar-refractivity contribution in [2.45, 2.75) is 58.4 Å². The molecule has 1 aliphatic rings. The van der Waals surface area contributed by atoms with Crippen LogP contribution < -0.4 is 5.32 Å². The van der Waals surface area contributed by atoms with E-state index in [9.17, 15) is 9.18 Å². The highest BCUT2D eigenvalue weighted by Crippen LogP contribution is 2.28. The van der Waals surface area contributed by atoms with Crippen LogP contribution in [0.3, 0.4) is 0 Å². The van der Waals surface area contributed by atoms with Gasteiger partial charge in [0.25, 0.3) is 5.91 Å². The molecule has 1 aromatic rings. The Kier molecular flexibility index (Phi) is 5.16. The topological polar surface area (TPSA) is 29.1 Å². The van der Waals surface area contributed by atoms with Gasteiger partial charge in [0.2, 0.25) is 0 Å². The monoisotopic (exact) mass is 277 g/mol. The van der Waals surface area contributed by atoms with Gasteiger partial charge in [0.05, 0.1) is 5.56 Å². The zero-order valence-corrected chi connectivity index (χ0v) is 12.4. The molecule has 1 fully saturated rings. The van der Waals surface area contributed by atoms with Crippen molar-refractivity contribution >= 4 is 5.91 Å². The average Bonchev–Trinajstić information content (AvgIpc) is 2.44. The lowest BCUT2D eigenvalue weighted by Crippen LogP contribution is -2.38. The van der Waals surface area contributed by atoms with Gasteiger partial charge in [-0.3, -0.25) is 4.79 Å². The molecule has 0 bridgehead atoms. The minimum Gasteiger partial charge on any atom is -0.349 e. The van der Waals surface area contributed by atoms with Crippen LogP contribution >= 0.6 is 0 Å². The number of halogens is 1. The van der Waals surface area contributed by atoms with Crippen molar-refractivity contribution in [3.63, 3.8) is 0 Å². The van der Waals surface area contributed by atoms with Gasteiger partial charge in [0.1, 0.15) is 5.82 Å². The van der Waals surface area contributed by atoms with Crippen molar-refractivity contribution in [1.82, 2.24) is 5.32 Å². The normalized spacial score (nSPS) is 22.6. The highest BCUT2D eigenvalue weighted by Gasteiger charge is 2.23. The van der Waals surface area contributed by atoms with Gasteiger partial charge in [-0.2, -0.15) is 0 Å². The second-order valence-electron chi connectivity index (χ2n) is 5.92. The summed E-state index contributed by atoms with van der Waals surface area (Å²) in [7, 11) is 0. The Labute approximate surface area is 120 Å². The molecule has 20 heavy (non-hydrogen) atoms. The van der Waals surface area contributed by atoms with E-state index in [-0.39, 0.29) is 17.5 Å². The summed E-state index contributed by atoms with van der Waals surface area (Å²) >= 11 is 0. The Hall–Kier alpha value is -1.38. The van der Waals surface area contributed by atoms with Gasteiger partial charge < -0.3 is 5.32 Å². The minimum absolute atomic E-state index is 0.167. The van der Waals surface area contributed by atoms with E-state index in [2.05, 4.69) is 12.2 Å². The maximum atomic E-state index is 13.9. The maximum absolute atomic E-state index is 13.9. The molecule has 0 atom stereocenters. The maximum Gasteiger partial charge on any atom is 0.254 e. The largest absolute Gasteiger partial charge is 0.349 e. The van der Waals surface area contributed by atoms with E-state index in [0.29, 0.717) is 5.56 Å². The third kappa shape index (κ3) is 3.59. The molecule has 1 aromatic carbocycles. The van der Waals surface area contributed by atoms with E-state index in [4.69, 9.17) is 0 Å². The van der Waals surface area contributed by atoms with Crippen molar-refractivity contribution in [2.75, 3.05) is 0 Å². The van der Waals surface area contributed by atoms with Gasteiger partial charge in [-0.1, -0.05) is 31.9 Å². The first-order valence-corrected chi connectivity index (χ1v) is 7.67. The second-order valence-corrected chi connectivity index (χ2v) is 5.92. The number of carbonyl (C=O) groups is 1. The number of hydrogen-bond acceptors (Lipinski definition) is 1. The van der Waals surface area contributed by atoms with Crippen LogP contribution in [0.4, 0.5) is 4.39 Å². The molecule has 1 N–H and O–H groups in total. The van der Waals surface area contributed by atoms with Gasteiger partial charge in [-0.25, -0.2) is 4.39 Å². The summed E-state index contributed by atoms with van der Waals surface area (Å²) in [6, 6.07) is 5.17. The van der Waals surface area contributed by atoms with Crippen LogP contribution in [0.5, 0.6) is 0 Å². The van der Waals surface area contributed by atoms with Crippen LogP contribution in [-0.4, -0.2) is 11.9 Å². The number of carbonyl (C=O) groups excluding carboxylic acids is 1. The average molecular weight is 277 g/mol. The third-order valence-electron chi connectivity index (χ3n) is 4.32. The van der Waals surface area contributed by atoms with Crippen LogP contribution in [0.1, 0.15) is 61.4 Å². The molecule has 2 rings (SSSR count). The summed E-state index contributed by atoms with van der Waals surface area (Å²) < 4.78 is 13.9. The molecule has 0 radical (unpaired) electrons. The third-order valence-corrected chi connectivity index (χ3v) is 4.32. The predicted octanol–water partition coefficient (Wildman–Crippen LogP) is 4.22.